The van der Waals surface area contributed by atoms with Gasteiger partial charge in [0.2, 0.25) is 0 Å². The molecule has 0 aromatic heterocycles. The highest BCUT2D eigenvalue weighted by atomic mass is 32.2. The summed E-state index contributed by atoms with van der Waals surface area (Å²) < 4.78 is 23.6. The van der Waals surface area contributed by atoms with E-state index >= 15 is 0 Å². The van der Waals surface area contributed by atoms with E-state index in [1.807, 2.05) is 0 Å². The fourth-order valence-electron chi connectivity index (χ4n) is 0.0680. The van der Waals surface area contributed by atoms with Gasteiger partial charge in [0.25, 0.3) is 10.1 Å². The van der Waals surface area contributed by atoms with Crippen LogP contribution in [-0.2, 0) is 14.2 Å². The number of rotatable bonds is 2. The molecular formula is C2H5BO3S. The Kier molecular flexibility index (Phi) is 2.32. The van der Waals surface area contributed by atoms with Gasteiger partial charge in [-0.25, -0.2) is 8.42 Å². The third-order valence-electron chi connectivity index (χ3n) is 0.500. The molecule has 7 heavy (non-hydrogen) atoms. The summed E-state index contributed by atoms with van der Waals surface area (Å²) in [5.41, 5.74) is 0. The third kappa shape index (κ3) is 2.64. The molecule has 0 saturated carbocycles. The summed E-state index contributed by atoms with van der Waals surface area (Å²) in [5, 5.41) is 0. The van der Waals surface area contributed by atoms with Gasteiger partial charge >= 0.3 is 8.05 Å². The van der Waals surface area contributed by atoms with E-state index in [1.165, 1.54) is 6.92 Å². The van der Waals surface area contributed by atoms with Crippen LogP contribution >= 0.6 is 0 Å². The predicted octanol–water partition coefficient (Wildman–Crippen LogP) is -0.564. The number of hydrogen-bond donors (Lipinski definition) is 0. The van der Waals surface area contributed by atoms with E-state index in [4.69, 9.17) is 0 Å². The maximum Gasteiger partial charge on any atom is 0.311 e. The largest absolute Gasteiger partial charge is 0.347 e. The van der Waals surface area contributed by atoms with Gasteiger partial charge in [-0.05, 0) is 6.92 Å². The topological polar surface area (TPSA) is 43.4 Å². The molecule has 2 radical (unpaired) electrons. The van der Waals surface area contributed by atoms with Crippen molar-refractivity contribution in [2.24, 2.45) is 0 Å². The standard InChI is InChI=1S/C2H5BO3S/c1-2-7(4,5)6-3/h2H2,1H3. The first kappa shape index (κ1) is 6.97. The SMILES string of the molecule is [B]OS(=O)(=O)CC. The van der Waals surface area contributed by atoms with Crippen molar-refractivity contribution in [1.29, 1.82) is 0 Å². The average molecular weight is 120 g/mol. The van der Waals surface area contributed by atoms with Crippen LogP contribution in [-0.4, -0.2) is 22.2 Å². The molecule has 0 rings (SSSR count). The summed E-state index contributed by atoms with van der Waals surface area (Å²) in [5.74, 6) is -0.0799. The molecule has 0 atom stereocenters. The van der Waals surface area contributed by atoms with Crippen LogP contribution in [0.3, 0.4) is 0 Å². The van der Waals surface area contributed by atoms with E-state index in [2.05, 4.69) is 12.1 Å². The summed E-state index contributed by atoms with van der Waals surface area (Å²) in [6, 6.07) is 0. The van der Waals surface area contributed by atoms with Crippen LogP contribution in [0.25, 0.3) is 0 Å². The van der Waals surface area contributed by atoms with Gasteiger partial charge < -0.3 is 4.10 Å². The van der Waals surface area contributed by atoms with E-state index in [9.17, 15) is 8.42 Å². The molecule has 0 fully saturated rings. The summed E-state index contributed by atoms with van der Waals surface area (Å²) in [6.07, 6.45) is 0. The molecule has 40 valence electrons. The number of hydrogen-bond acceptors (Lipinski definition) is 3. The highest BCUT2D eigenvalue weighted by molar-refractivity contribution is 7.87. The molecule has 0 aliphatic heterocycles. The minimum Gasteiger partial charge on any atom is -0.347 e. The van der Waals surface area contributed by atoms with Gasteiger partial charge in [-0.3, -0.25) is 0 Å². The minimum atomic E-state index is -3.38. The molecule has 5 heteroatoms. The van der Waals surface area contributed by atoms with Crippen molar-refractivity contribution < 1.29 is 12.5 Å². The van der Waals surface area contributed by atoms with Gasteiger partial charge in [0.1, 0.15) is 0 Å². The van der Waals surface area contributed by atoms with Crippen LogP contribution in [0.5, 0.6) is 0 Å². The molecule has 0 aliphatic carbocycles. The normalized spacial score (nSPS) is 11.6. The van der Waals surface area contributed by atoms with Gasteiger partial charge in [-0.1, -0.05) is 0 Å². The molecule has 3 nitrogen and oxygen atoms in total. The summed E-state index contributed by atoms with van der Waals surface area (Å²) in [6.45, 7) is 1.45. The second-order valence-electron chi connectivity index (χ2n) is 0.943. The first-order chi connectivity index (χ1) is 3.12. The van der Waals surface area contributed by atoms with Crippen LogP contribution in [0.2, 0.25) is 0 Å². The molecule has 0 saturated heterocycles. The van der Waals surface area contributed by atoms with Crippen molar-refractivity contribution in [2.75, 3.05) is 5.75 Å². The van der Waals surface area contributed by atoms with Crippen molar-refractivity contribution in [3.63, 3.8) is 0 Å². The van der Waals surface area contributed by atoms with E-state index in [0.717, 1.165) is 0 Å². The summed E-state index contributed by atoms with van der Waals surface area (Å²) in [4.78, 5) is 0. The lowest BCUT2D eigenvalue weighted by Gasteiger charge is -1.91. The molecule has 0 aromatic carbocycles. The van der Waals surface area contributed by atoms with Crippen molar-refractivity contribution >= 4 is 18.2 Å². The zero-order valence-corrected chi connectivity index (χ0v) is 4.73. The Labute approximate surface area is 44.2 Å². The fourth-order valence-corrected chi connectivity index (χ4v) is 0.204. The molecule has 0 unspecified atom stereocenters. The lowest BCUT2D eigenvalue weighted by atomic mass is 10.6. The zero-order valence-electron chi connectivity index (χ0n) is 3.92. The molecular weight excluding hydrogens is 115 g/mol. The van der Waals surface area contributed by atoms with Crippen LogP contribution in [0.4, 0.5) is 0 Å². The second kappa shape index (κ2) is 2.33. The average Bonchev–Trinajstić information content (AvgIpc) is 1.68. The fraction of sp³-hybridized carbons (Fsp3) is 1.00. The smallest absolute Gasteiger partial charge is 0.311 e. The quantitative estimate of drug-likeness (QED) is 0.458. The van der Waals surface area contributed by atoms with Gasteiger partial charge in [0.15, 0.2) is 0 Å². The maximum absolute atomic E-state index is 10.0. The molecule has 0 heterocycles. The monoisotopic (exact) mass is 120 g/mol. The van der Waals surface area contributed by atoms with Crippen LogP contribution in [0.1, 0.15) is 6.92 Å². The lowest BCUT2D eigenvalue weighted by molar-refractivity contribution is 0.509. The Balaban J connectivity index is 3.89. The lowest BCUT2D eigenvalue weighted by Crippen LogP contribution is -2.04. The predicted molar refractivity (Wildman–Crippen MR) is 26.3 cm³/mol. The van der Waals surface area contributed by atoms with Gasteiger partial charge in [-0.2, -0.15) is 0 Å². The minimum absolute atomic E-state index is 0.0799. The molecule has 0 aliphatic rings. The van der Waals surface area contributed by atoms with Crippen molar-refractivity contribution in [3.05, 3.63) is 0 Å². The molecule has 0 amide bonds. The Morgan fingerprint density at radius 1 is 1.71 bits per heavy atom. The van der Waals surface area contributed by atoms with Crippen LogP contribution in [0, 0.1) is 0 Å². The highest BCUT2D eigenvalue weighted by Crippen LogP contribution is 1.84. The van der Waals surface area contributed by atoms with Gasteiger partial charge in [-0.15, -0.1) is 0 Å². The summed E-state index contributed by atoms with van der Waals surface area (Å²) in [7, 11) is 0.949. The van der Waals surface area contributed by atoms with E-state index in [0.29, 0.717) is 0 Å². The Morgan fingerprint density at radius 2 is 2.14 bits per heavy atom. The summed E-state index contributed by atoms with van der Waals surface area (Å²) >= 11 is 0. The Hall–Kier alpha value is -0.0251. The Bertz CT molecular complexity index is 116. The van der Waals surface area contributed by atoms with Gasteiger partial charge in [0, 0.05) is 0 Å². The van der Waals surface area contributed by atoms with Crippen molar-refractivity contribution in [3.8, 4) is 0 Å². The van der Waals surface area contributed by atoms with Crippen molar-refractivity contribution in [1.82, 2.24) is 0 Å². The van der Waals surface area contributed by atoms with Crippen LogP contribution < -0.4 is 0 Å². The zero-order chi connectivity index (χ0) is 5.91. The van der Waals surface area contributed by atoms with Crippen LogP contribution in [0.15, 0.2) is 0 Å². The molecule has 0 N–H and O–H groups in total. The van der Waals surface area contributed by atoms with Crippen molar-refractivity contribution in [2.45, 2.75) is 6.92 Å². The first-order valence-electron chi connectivity index (χ1n) is 1.73. The maximum atomic E-state index is 10.0. The second-order valence-corrected chi connectivity index (χ2v) is 2.83. The first-order valence-corrected chi connectivity index (χ1v) is 3.31. The van der Waals surface area contributed by atoms with E-state index in [1.54, 1.807) is 0 Å². The molecule has 0 bridgehead atoms. The molecule has 0 aromatic rings. The highest BCUT2D eigenvalue weighted by Gasteiger charge is 1.99. The molecule has 0 spiro atoms. The van der Waals surface area contributed by atoms with E-state index in [-0.39, 0.29) is 5.75 Å². The third-order valence-corrected chi connectivity index (χ3v) is 1.50. The van der Waals surface area contributed by atoms with E-state index < -0.39 is 10.1 Å². The Morgan fingerprint density at radius 3 is 2.14 bits per heavy atom. The van der Waals surface area contributed by atoms with Gasteiger partial charge in [0.05, 0.1) is 5.75 Å².